The summed E-state index contributed by atoms with van der Waals surface area (Å²) in [7, 11) is -3.13. The zero-order valence-electron chi connectivity index (χ0n) is 25.2. The van der Waals surface area contributed by atoms with Crippen molar-refractivity contribution in [2.45, 2.75) is 96.9 Å². The van der Waals surface area contributed by atoms with E-state index in [1.165, 1.54) is 36.9 Å². The van der Waals surface area contributed by atoms with Gasteiger partial charge in [-0.15, -0.1) is 0 Å². The maximum Gasteiger partial charge on any atom is 0.394 e. The zero-order chi connectivity index (χ0) is 32.5. The van der Waals surface area contributed by atoms with Gasteiger partial charge in [-0.2, -0.15) is 27.1 Å². The molecule has 3 rings (SSSR count). The van der Waals surface area contributed by atoms with Crippen molar-refractivity contribution < 1.29 is 45.0 Å². The van der Waals surface area contributed by atoms with E-state index in [-0.39, 0.29) is 47.3 Å². The number of aromatic nitrogens is 2. The topological polar surface area (TPSA) is 111 Å². The lowest BCUT2D eigenvalue weighted by atomic mass is 9.84. The van der Waals surface area contributed by atoms with Crippen LogP contribution in [0.2, 0.25) is 0 Å². The molecule has 1 aromatic heterocycles. The third-order valence-electron chi connectivity index (χ3n) is 7.82. The Labute approximate surface area is 248 Å². The summed E-state index contributed by atoms with van der Waals surface area (Å²) in [5, 5.41) is 17.4. The molecule has 0 saturated heterocycles. The van der Waals surface area contributed by atoms with Gasteiger partial charge >= 0.3 is 12.8 Å². The second kappa shape index (κ2) is 12.7. The predicted molar refractivity (Wildman–Crippen MR) is 152 cm³/mol. The van der Waals surface area contributed by atoms with E-state index in [9.17, 15) is 40.3 Å². The number of ether oxygens (including phenoxy) is 1. The number of benzene rings is 1. The van der Waals surface area contributed by atoms with Crippen LogP contribution >= 0.6 is 0 Å². The van der Waals surface area contributed by atoms with Crippen molar-refractivity contribution in [2.24, 2.45) is 11.3 Å². The van der Waals surface area contributed by atoms with Gasteiger partial charge < -0.3 is 15.2 Å². The van der Waals surface area contributed by atoms with Crippen LogP contribution in [-0.2, 0) is 22.8 Å². The van der Waals surface area contributed by atoms with Gasteiger partial charge in [-0.25, -0.2) is 8.42 Å². The molecule has 1 heterocycles. The minimum absolute atomic E-state index is 0.0191. The summed E-state index contributed by atoms with van der Waals surface area (Å²) >= 11 is 0. The number of halogens is 5. The number of hydrogen-bond acceptors (Lipinski definition) is 6. The highest BCUT2D eigenvalue weighted by molar-refractivity contribution is 7.91. The minimum Gasteiger partial charge on any atom is -0.434 e. The Morgan fingerprint density at radius 1 is 1.14 bits per heavy atom. The Morgan fingerprint density at radius 3 is 2.26 bits per heavy atom. The number of sulfone groups is 1. The van der Waals surface area contributed by atoms with Gasteiger partial charge in [0, 0.05) is 23.9 Å². The molecular formula is C29H40F5N3O5S. The highest BCUT2D eigenvalue weighted by atomic mass is 32.2. The van der Waals surface area contributed by atoms with E-state index in [0.717, 1.165) is 19.9 Å². The van der Waals surface area contributed by atoms with Gasteiger partial charge in [-0.3, -0.25) is 9.48 Å². The van der Waals surface area contributed by atoms with Crippen LogP contribution in [0.4, 0.5) is 22.0 Å². The third-order valence-corrected chi connectivity index (χ3v) is 9.50. The molecule has 1 saturated carbocycles. The average Bonchev–Trinajstić information content (AvgIpc) is 3.15. The van der Waals surface area contributed by atoms with Crippen molar-refractivity contribution in [3.8, 4) is 17.0 Å². The summed E-state index contributed by atoms with van der Waals surface area (Å²) < 4.78 is 97.2. The molecule has 1 aromatic carbocycles. The van der Waals surface area contributed by atoms with Gasteiger partial charge in [0.2, 0.25) is 0 Å². The number of carbonyl (C=O) groups is 1. The van der Waals surface area contributed by atoms with E-state index in [1.54, 1.807) is 6.92 Å². The van der Waals surface area contributed by atoms with Crippen molar-refractivity contribution in [3.05, 3.63) is 35.0 Å². The predicted octanol–water partition coefficient (Wildman–Crippen LogP) is 5.70. The highest BCUT2D eigenvalue weighted by Crippen LogP contribution is 2.42. The first kappa shape index (κ1) is 34.7. The second-order valence-corrected chi connectivity index (χ2v) is 15.1. The van der Waals surface area contributed by atoms with E-state index >= 15 is 0 Å². The molecule has 242 valence electrons. The van der Waals surface area contributed by atoms with E-state index in [2.05, 4.69) is 10.4 Å². The lowest BCUT2D eigenvalue weighted by Gasteiger charge is -2.28. The molecule has 0 unspecified atom stereocenters. The minimum atomic E-state index is -4.54. The molecule has 0 aliphatic heterocycles. The van der Waals surface area contributed by atoms with Crippen LogP contribution in [-0.4, -0.2) is 65.7 Å². The second-order valence-electron chi connectivity index (χ2n) is 12.7. The molecule has 1 fully saturated rings. The van der Waals surface area contributed by atoms with Crippen LogP contribution in [0.1, 0.15) is 75.0 Å². The quantitative estimate of drug-likeness (QED) is 0.306. The van der Waals surface area contributed by atoms with E-state index in [4.69, 9.17) is 4.74 Å². The van der Waals surface area contributed by atoms with Gasteiger partial charge in [0.15, 0.2) is 5.69 Å². The van der Waals surface area contributed by atoms with Gasteiger partial charge in [0.1, 0.15) is 15.6 Å². The first-order valence-corrected chi connectivity index (χ1v) is 16.0. The Balaban J connectivity index is 1.96. The summed E-state index contributed by atoms with van der Waals surface area (Å²) in [6.45, 7) is 3.45. The van der Waals surface area contributed by atoms with Crippen LogP contribution in [0.15, 0.2) is 18.2 Å². The molecule has 1 aliphatic rings. The summed E-state index contributed by atoms with van der Waals surface area (Å²) in [6, 6.07) is 3.86. The first-order valence-electron chi connectivity index (χ1n) is 14.0. The number of amides is 1. The molecule has 8 nitrogen and oxygen atoms in total. The molecule has 14 heteroatoms. The summed E-state index contributed by atoms with van der Waals surface area (Å²) in [4.78, 5) is 13.3. The van der Waals surface area contributed by atoms with E-state index in [1.807, 2.05) is 0 Å². The van der Waals surface area contributed by atoms with E-state index < -0.39 is 51.2 Å². The normalized spacial score (nSPS) is 18.6. The fourth-order valence-corrected chi connectivity index (χ4v) is 6.48. The molecule has 0 spiro atoms. The van der Waals surface area contributed by atoms with Crippen molar-refractivity contribution in [1.29, 1.82) is 0 Å². The maximum atomic E-state index is 13.5. The standard InChI is InChI=1S/C29H40F5N3O5S/c1-17-23(25(38)35-15-18-7-10-20(11-8-18)43(6,40)41)36-37(16-28(4,5)39)24(17)21-12-9-19(13-22(21)42-26(30)31)14-27(2,3)29(32,33)34/h9,12-13,18,20,26,39H,7-8,10-11,14-16H2,1-6H3,(H,35,38)/t18-,20-. The number of hydrogen-bond donors (Lipinski definition) is 2. The number of rotatable bonds is 11. The van der Waals surface area contributed by atoms with Crippen LogP contribution in [0.3, 0.4) is 0 Å². The highest BCUT2D eigenvalue weighted by Gasteiger charge is 2.47. The molecule has 2 N–H and O–H groups in total. The SMILES string of the molecule is Cc1c(C(=O)NC[C@H]2CC[C@H](S(C)(=O)=O)CC2)nn(CC(C)(C)O)c1-c1ccc(CC(C)(C)C(F)(F)F)cc1OC(F)F. The number of carbonyl (C=O) groups excluding carboxylic acids is 1. The molecular weight excluding hydrogens is 597 g/mol. The number of nitrogens with zero attached hydrogens (tertiary/aromatic N) is 2. The fourth-order valence-electron chi connectivity index (χ4n) is 5.35. The average molecular weight is 638 g/mol. The monoisotopic (exact) mass is 637 g/mol. The van der Waals surface area contributed by atoms with Crippen molar-refractivity contribution in [1.82, 2.24) is 15.1 Å². The van der Waals surface area contributed by atoms with Crippen LogP contribution in [0, 0.1) is 18.3 Å². The van der Waals surface area contributed by atoms with Crippen molar-refractivity contribution in [2.75, 3.05) is 12.8 Å². The van der Waals surface area contributed by atoms with Gasteiger partial charge in [0.25, 0.3) is 5.91 Å². The summed E-state index contributed by atoms with van der Waals surface area (Å²) in [5.41, 5.74) is -2.81. The lowest BCUT2D eigenvalue weighted by molar-refractivity contribution is -0.211. The number of aliphatic hydroxyl groups is 1. The third kappa shape index (κ3) is 8.90. The molecule has 0 bridgehead atoms. The zero-order valence-corrected chi connectivity index (χ0v) is 26.0. The largest absolute Gasteiger partial charge is 0.434 e. The Bertz CT molecular complexity index is 1410. The Morgan fingerprint density at radius 2 is 1.74 bits per heavy atom. The molecule has 1 aliphatic carbocycles. The summed E-state index contributed by atoms with van der Waals surface area (Å²) in [6.07, 6.45) is -1.54. The van der Waals surface area contributed by atoms with E-state index in [0.29, 0.717) is 31.2 Å². The molecule has 0 atom stereocenters. The van der Waals surface area contributed by atoms with Crippen molar-refractivity contribution >= 4 is 15.7 Å². The fraction of sp³-hybridized carbons (Fsp3) is 0.655. The Kier molecular flexibility index (Phi) is 10.3. The maximum absolute atomic E-state index is 13.5. The molecule has 43 heavy (non-hydrogen) atoms. The number of alkyl halides is 5. The van der Waals surface area contributed by atoms with Crippen molar-refractivity contribution in [3.63, 3.8) is 0 Å². The lowest BCUT2D eigenvalue weighted by Crippen LogP contribution is -2.34. The van der Waals surface area contributed by atoms with Gasteiger partial charge in [-0.1, -0.05) is 19.9 Å². The van der Waals surface area contributed by atoms with Gasteiger partial charge in [-0.05, 0) is 76.5 Å². The molecule has 0 radical (unpaired) electrons. The van der Waals surface area contributed by atoms with Crippen LogP contribution in [0.5, 0.6) is 5.75 Å². The van der Waals surface area contributed by atoms with Gasteiger partial charge in [0.05, 0.1) is 28.5 Å². The first-order chi connectivity index (χ1) is 19.6. The summed E-state index contributed by atoms with van der Waals surface area (Å²) in [5.74, 6) is -0.863. The van der Waals surface area contributed by atoms with Crippen LogP contribution < -0.4 is 10.1 Å². The van der Waals surface area contributed by atoms with Crippen LogP contribution in [0.25, 0.3) is 11.3 Å². The Hall–Kier alpha value is -2.74. The number of nitrogens with one attached hydrogen (secondary N) is 1. The molecule has 2 aromatic rings. The smallest absolute Gasteiger partial charge is 0.394 e. The molecule has 1 amide bonds.